The maximum absolute atomic E-state index is 14.4. The third kappa shape index (κ3) is 5.86. The van der Waals surface area contributed by atoms with Gasteiger partial charge in [-0.1, -0.05) is 0 Å². The van der Waals surface area contributed by atoms with Crippen molar-refractivity contribution < 1.29 is 47.7 Å². The molecule has 0 bridgehead atoms. The number of carbonyl (C=O) groups is 2. The molecule has 0 aliphatic carbocycles. The largest absolute Gasteiger partial charge is 0.468 e. The van der Waals surface area contributed by atoms with Crippen LogP contribution < -0.4 is 4.74 Å². The Morgan fingerprint density at radius 2 is 1.67 bits per heavy atom. The lowest BCUT2D eigenvalue weighted by Crippen LogP contribution is -2.37. The molecule has 0 saturated carbocycles. The first-order valence-electron chi connectivity index (χ1n) is 7.10. The third-order valence-corrected chi connectivity index (χ3v) is 3.35. The normalized spacial score (nSPS) is 12.4. The number of nitro groups is 1. The Balaban J connectivity index is 3.52. The predicted octanol–water partition coefficient (Wildman–Crippen LogP) is -0.570. The SMILES string of the molecule is [B]C(O)(O)Oc1cc(F)c(C(C[N+](=O)[O-])C(C(=O)OC)C(=O)OC)c(F)c1. The Morgan fingerprint density at radius 3 is 2.00 bits per heavy atom. The molecule has 0 aliphatic heterocycles. The number of hydrogen-bond acceptors (Lipinski definition) is 9. The lowest BCUT2D eigenvalue weighted by Gasteiger charge is -2.23. The molecule has 0 fully saturated rings. The van der Waals surface area contributed by atoms with Crippen molar-refractivity contribution in [2.75, 3.05) is 20.8 Å². The molecule has 1 aromatic carbocycles. The molecule has 1 rings (SSSR count). The van der Waals surface area contributed by atoms with Crippen LogP contribution in [0.1, 0.15) is 11.5 Å². The van der Waals surface area contributed by atoms with E-state index in [1.54, 1.807) is 0 Å². The summed E-state index contributed by atoms with van der Waals surface area (Å²) in [5.74, 6) is -13.5. The number of benzene rings is 1. The van der Waals surface area contributed by atoms with Gasteiger partial charge < -0.3 is 24.4 Å². The number of ether oxygens (including phenoxy) is 3. The molecule has 0 spiro atoms. The van der Waals surface area contributed by atoms with E-state index in [9.17, 15) is 28.5 Å². The number of methoxy groups -OCH3 is 2. The lowest BCUT2D eigenvalue weighted by molar-refractivity contribution is -0.484. The van der Waals surface area contributed by atoms with Crippen molar-refractivity contribution in [3.05, 3.63) is 39.4 Å². The van der Waals surface area contributed by atoms with Gasteiger partial charge in [-0.3, -0.25) is 19.7 Å². The van der Waals surface area contributed by atoms with Gasteiger partial charge in [0.2, 0.25) is 14.4 Å². The minimum absolute atomic E-state index is 0.436. The number of aliphatic hydroxyl groups is 2. The summed E-state index contributed by atoms with van der Waals surface area (Å²) in [7, 11) is 6.47. The molecule has 10 nitrogen and oxygen atoms in total. The van der Waals surface area contributed by atoms with Crippen LogP contribution in [0.2, 0.25) is 0 Å². The number of halogens is 2. The fourth-order valence-corrected chi connectivity index (χ4v) is 2.35. The predicted molar refractivity (Wildman–Crippen MR) is 82.0 cm³/mol. The van der Waals surface area contributed by atoms with Crippen LogP contribution in [0.5, 0.6) is 5.75 Å². The fraction of sp³-hybridized carbons (Fsp3) is 0.429. The Labute approximate surface area is 152 Å². The summed E-state index contributed by atoms with van der Waals surface area (Å²) >= 11 is 0. The molecule has 0 amide bonds. The Kier molecular flexibility index (Phi) is 7.19. The average Bonchev–Trinajstić information content (AvgIpc) is 2.51. The molecule has 2 N–H and O–H groups in total. The summed E-state index contributed by atoms with van der Waals surface area (Å²) in [6.45, 7) is -1.22. The van der Waals surface area contributed by atoms with E-state index in [1.165, 1.54) is 0 Å². The van der Waals surface area contributed by atoms with E-state index in [0.717, 1.165) is 14.2 Å². The Morgan fingerprint density at radius 1 is 1.22 bits per heavy atom. The second-order valence-corrected chi connectivity index (χ2v) is 5.21. The molecule has 0 heterocycles. The number of hydrogen-bond donors (Lipinski definition) is 2. The van der Waals surface area contributed by atoms with Crippen LogP contribution in [-0.4, -0.2) is 61.6 Å². The van der Waals surface area contributed by atoms with Gasteiger partial charge in [-0.25, -0.2) is 8.78 Å². The smallest absolute Gasteiger partial charge is 0.320 e. The monoisotopic (exact) mass is 389 g/mol. The summed E-state index contributed by atoms with van der Waals surface area (Å²) in [5.41, 5.74) is -1.00. The highest BCUT2D eigenvalue weighted by molar-refractivity contribution is 6.12. The number of nitrogens with zero attached hydrogens (tertiary/aromatic N) is 1. The number of esters is 2. The molecule has 27 heavy (non-hydrogen) atoms. The summed E-state index contributed by atoms with van der Waals surface area (Å²) in [4.78, 5) is 33.7. The first kappa shape index (κ1) is 22.2. The highest BCUT2D eigenvalue weighted by Crippen LogP contribution is 2.34. The summed E-state index contributed by atoms with van der Waals surface area (Å²) in [6.07, 6.45) is 0. The van der Waals surface area contributed by atoms with E-state index in [0.29, 0.717) is 12.1 Å². The molecule has 1 unspecified atom stereocenters. The average molecular weight is 389 g/mol. The van der Waals surface area contributed by atoms with Gasteiger partial charge in [-0.15, -0.1) is 0 Å². The van der Waals surface area contributed by atoms with Crippen molar-refractivity contribution in [2.24, 2.45) is 5.92 Å². The van der Waals surface area contributed by atoms with Crippen molar-refractivity contribution in [1.82, 2.24) is 0 Å². The number of rotatable bonds is 8. The van der Waals surface area contributed by atoms with Crippen molar-refractivity contribution in [1.29, 1.82) is 0 Å². The fourth-order valence-electron chi connectivity index (χ4n) is 2.35. The Bertz CT molecular complexity index is 699. The second-order valence-electron chi connectivity index (χ2n) is 5.21. The van der Waals surface area contributed by atoms with Gasteiger partial charge in [0, 0.05) is 22.6 Å². The van der Waals surface area contributed by atoms with Crippen molar-refractivity contribution in [3.63, 3.8) is 0 Å². The third-order valence-electron chi connectivity index (χ3n) is 3.35. The van der Waals surface area contributed by atoms with E-state index >= 15 is 0 Å². The van der Waals surface area contributed by atoms with E-state index < -0.39 is 64.1 Å². The van der Waals surface area contributed by atoms with Crippen LogP contribution in [0.3, 0.4) is 0 Å². The van der Waals surface area contributed by atoms with Crippen LogP contribution in [0.25, 0.3) is 0 Å². The quantitative estimate of drug-likeness (QED) is 0.149. The highest BCUT2D eigenvalue weighted by atomic mass is 19.1. The molecule has 2 radical (unpaired) electrons. The van der Waals surface area contributed by atoms with Gasteiger partial charge in [0.05, 0.1) is 20.1 Å². The molecule has 146 valence electrons. The van der Waals surface area contributed by atoms with Gasteiger partial charge in [0.1, 0.15) is 17.4 Å². The van der Waals surface area contributed by atoms with Crippen LogP contribution in [0.4, 0.5) is 8.78 Å². The zero-order chi connectivity index (χ0) is 20.9. The van der Waals surface area contributed by atoms with Crippen LogP contribution in [0, 0.1) is 27.7 Å². The van der Waals surface area contributed by atoms with Crippen molar-refractivity contribution >= 4 is 19.8 Å². The second kappa shape index (κ2) is 8.73. The standard InChI is InChI=1S/C14H14BF2NO9/c1-25-12(19)11(13(20)26-2)7(5-18(23)24)10-8(16)3-6(4-9(10)17)27-14(15,21)22/h3-4,7,11,21-22H,5H2,1-2H3. The maximum Gasteiger partial charge on any atom is 0.320 e. The molecule has 1 aromatic rings. The lowest BCUT2D eigenvalue weighted by atomic mass is 9.85. The summed E-state index contributed by atoms with van der Waals surface area (Å²) < 4.78 is 41.9. The van der Waals surface area contributed by atoms with Crippen LogP contribution >= 0.6 is 0 Å². The van der Waals surface area contributed by atoms with Crippen molar-refractivity contribution in [3.8, 4) is 5.75 Å². The summed E-state index contributed by atoms with van der Waals surface area (Å²) in [6, 6.07) is 0.871. The molecule has 1 atom stereocenters. The van der Waals surface area contributed by atoms with Gasteiger partial charge in [0.15, 0.2) is 5.92 Å². The topological polar surface area (TPSA) is 145 Å². The highest BCUT2D eigenvalue weighted by Gasteiger charge is 2.43. The van der Waals surface area contributed by atoms with Gasteiger partial charge in [-0.05, 0) is 0 Å². The summed E-state index contributed by atoms with van der Waals surface area (Å²) in [5, 5.41) is 28.7. The first-order chi connectivity index (χ1) is 12.4. The van der Waals surface area contributed by atoms with Crippen LogP contribution in [-0.2, 0) is 19.1 Å². The molecule has 0 aliphatic rings. The van der Waals surface area contributed by atoms with E-state index in [1.807, 2.05) is 0 Å². The Hall–Kier alpha value is -2.80. The van der Waals surface area contributed by atoms with Crippen LogP contribution in [0.15, 0.2) is 12.1 Å². The molecular formula is C14H14BF2NO9. The van der Waals surface area contributed by atoms with Gasteiger partial charge in [-0.2, -0.15) is 0 Å². The zero-order valence-electron chi connectivity index (χ0n) is 14.0. The molecule has 0 saturated heterocycles. The minimum Gasteiger partial charge on any atom is -0.468 e. The molecule has 13 heteroatoms. The zero-order valence-corrected chi connectivity index (χ0v) is 14.0. The maximum atomic E-state index is 14.4. The van der Waals surface area contributed by atoms with E-state index in [4.69, 9.17) is 18.1 Å². The van der Waals surface area contributed by atoms with Gasteiger partial charge in [0.25, 0.3) is 5.87 Å². The number of carbonyl (C=O) groups excluding carboxylic acids is 2. The van der Waals surface area contributed by atoms with Crippen molar-refractivity contribution in [2.45, 2.75) is 11.8 Å². The van der Waals surface area contributed by atoms with E-state index in [2.05, 4.69) is 14.2 Å². The van der Waals surface area contributed by atoms with Gasteiger partial charge >= 0.3 is 11.9 Å². The molecule has 0 aromatic heterocycles. The van der Waals surface area contributed by atoms with E-state index in [-0.39, 0.29) is 0 Å². The molecular weight excluding hydrogens is 375 g/mol. The minimum atomic E-state index is -3.25. The first-order valence-corrected chi connectivity index (χ1v) is 7.10.